The number of nitrogens with one attached hydrogen (secondary N) is 1. The maximum atomic E-state index is 5.66. The zero-order chi connectivity index (χ0) is 15.1. The Kier molecular flexibility index (Phi) is 6.68. The average Bonchev–Trinajstić information content (AvgIpc) is 2.91. The molecule has 118 valence electrons. The van der Waals surface area contributed by atoms with Gasteiger partial charge in [0.15, 0.2) is 0 Å². The van der Waals surface area contributed by atoms with Gasteiger partial charge in [0.25, 0.3) is 0 Å². The summed E-state index contributed by atoms with van der Waals surface area (Å²) in [5.41, 5.74) is 2.81. The molecule has 1 aliphatic heterocycles. The van der Waals surface area contributed by atoms with Crippen molar-refractivity contribution in [3.8, 4) is 0 Å². The van der Waals surface area contributed by atoms with Crippen LogP contribution in [-0.2, 0) is 17.7 Å². The average molecular weight is 290 g/mol. The van der Waals surface area contributed by atoms with E-state index in [1.165, 1.54) is 17.5 Å². The summed E-state index contributed by atoms with van der Waals surface area (Å²) in [5, 5.41) is 3.45. The Balaban J connectivity index is 1.79. The number of nitrogens with zero attached hydrogens (tertiary/aromatic N) is 1. The Hall–Kier alpha value is -0.900. The maximum absolute atomic E-state index is 5.66. The molecule has 1 N–H and O–H groups in total. The van der Waals surface area contributed by atoms with Gasteiger partial charge in [-0.1, -0.05) is 31.2 Å². The highest BCUT2D eigenvalue weighted by molar-refractivity contribution is 5.22. The molecule has 1 heterocycles. The third-order valence-electron chi connectivity index (χ3n) is 4.37. The van der Waals surface area contributed by atoms with Crippen molar-refractivity contribution in [3.05, 3.63) is 35.4 Å². The Morgan fingerprint density at radius 1 is 1.19 bits per heavy atom. The van der Waals surface area contributed by atoms with Crippen LogP contribution in [0.5, 0.6) is 0 Å². The second kappa shape index (κ2) is 8.52. The second-order valence-electron chi connectivity index (χ2n) is 6.16. The van der Waals surface area contributed by atoms with E-state index in [1.54, 1.807) is 0 Å². The van der Waals surface area contributed by atoms with Gasteiger partial charge in [-0.2, -0.15) is 0 Å². The van der Waals surface area contributed by atoms with E-state index in [-0.39, 0.29) is 0 Å². The molecule has 2 rings (SSSR count). The lowest BCUT2D eigenvalue weighted by molar-refractivity contribution is 0.0814. The van der Waals surface area contributed by atoms with Gasteiger partial charge in [-0.25, -0.2) is 0 Å². The summed E-state index contributed by atoms with van der Waals surface area (Å²) in [6.07, 6.45) is 3.83. The monoisotopic (exact) mass is 290 g/mol. The molecule has 1 saturated heterocycles. The predicted octanol–water partition coefficient (Wildman–Crippen LogP) is 2.84. The van der Waals surface area contributed by atoms with E-state index in [0.29, 0.717) is 12.1 Å². The van der Waals surface area contributed by atoms with Crippen molar-refractivity contribution in [2.45, 2.75) is 51.8 Å². The molecule has 0 aliphatic carbocycles. The van der Waals surface area contributed by atoms with E-state index in [9.17, 15) is 0 Å². The SMILES string of the molecule is CCCNCCc1ccc(CN(C)C2CCOC2C)cc1. The first kappa shape index (κ1) is 16.5. The molecule has 2 atom stereocenters. The summed E-state index contributed by atoms with van der Waals surface area (Å²) in [4.78, 5) is 2.43. The number of hydrogen-bond donors (Lipinski definition) is 1. The lowest BCUT2D eigenvalue weighted by Gasteiger charge is -2.26. The number of hydrogen-bond acceptors (Lipinski definition) is 3. The molecule has 3 heteroatoms. The summed E-state index contributed by atoms with van der Waals surface area (Å²) in [6.45, 7) is 8.48. The normalized spacial score (nSPS) is 22.1. The van der Waals surface area contributed by atoms with Crippen molar-refractivity contribution in [2.24, 2.45) is 0 Å². The van der Waals surface area contributed by atoms with Crippen molar-refractivity contribution < 1.29 is 4.74 Å². The summed E-state index contributed by atoms with van der Waals surface area (Å²) in [5.74, 6) is 0. The van der Waals surface area contributed by atoms with Gasteiger partial charge in [0.1, 0.15) is 0 Å². The highest BCUT2D eigenvalue weighted by Gasteiger charge is 2.27. The first-order valence-corrected chi connectivity index (χ1v) is 8.31. The van der Waals surface area contributed by atoms with Crippen molar-refractivity contribution in [3.63, 3.8) is 0 Å². The zero-order valence-corrected chi connectivity index (χ0v) is 13.8. The van der Waals surface area contributed by atoms with Crippen LogP contribution in [0.4, 0.5) is 0 Å². The van der Waals surface area contributed by atoms with Crippen molar-refractivity contribution in [2.75, 3.05) is 26.7 Å². The van der Waals surface area contributed by atoms with Gasteiger partial charge in [-0.05, 0) is 57.5 Å². The third kappa shape index (κ3) is 5.10. The molecule has 0 amide bonds. The van der Waals surface area contributed by atoms with E-state index >= 15 is 0 Å². The minimum absolute atomic E-state index is 0.360. The second-order valence-corrected chi connectivity index (χ2v) is 6.16. The molecule has 3 nitrogen and oxygen atoms in total. The van der Waals surface area contributed by atoms with Gasteiger partial charge in [-0.15, -0.1) is 0 Å². The molecule has 1 aromatic rings. The molecule has 2 unspecified atom stereocenters. The molecule has 1 fully saturated rings. The molecule has 0 saturated carbocycles. The molecule has 0 bridgehead atoms. The third-order valence-corrected chi connectivity index (χ3v) is 4.37. The molecule has 0 spiro atoms. The van der Waals surface area contributed by atoms with Crippen LogP contribution in [0.1, 0.15) is 37.8 Å². The van der Waals surface area contributed by atoms with Gasteiger partial charge in [0.05, 0.1) is 6.10 Å². The summed E-state index contributed by atoms with van der Waals surface area (Å²) < 4.78 is 5.66. The lowest BCUT2D eigenvalue weighted by Crippen LogP contribution is -2.36. The zero-order valence-electron chi connectivity index (χ0n) is 13.8. The van der Waals surface area contributed by atoms with Crippen molar-refractivity contribution in [1.29, 1.82) is 0 Å². The molecule has 1 aliphatic rings. The number of likely N-dealkylation sites (N-methyl/N-ethyl adjacent to an activating group) is 1. The largest absolute Gasteiger partial charge is 0.377 e. The van der Waals surface area contributed by atoms with Crippen molar-refractivity contribution in [1.82, 2.24) is 10.2 Å². The van der Waals surface area contributed by atoms with Crippen LogP contribution in [0.15, 0.2) is 24.3 Å². The highest BCUT2D eigenvalue weighted by Crippen LogP contribution is 2.20. The molecule has 0 aromatic heterocycles. The summed E-state index contributed by atoms with van der Waals surface area (Å²) in [6, 6.07) is 9.64. The fourth-order valence-electron chi connectivity index (χ4n) is 3.05. The molecule has 0 radical (unpaired) electrons. The van der Waals surface area contributed by atoms with Crippen LogP contribution >= 0.6 is 0 Å². The Morgan fingerprint density at radius 3 is 2.52 bits per heavy atom. The Labute approximate surface area is 129 Å². The van der Waals surface area contributed by atoms with Crippen LogP contribution in [0, 0.1) is 0 Å². The number of ether oxygens (including phenoxy) is 1. The van der Waals surface area contributed by atoms with E-state index in [4.69, 9.17) is 4.74 Å². The topological polar surface area (TPSA) is 24.5 Å². The van der Waals surface area contributed by atoms with E-state index in [1.807, 2.05) is 0 Å². The van der Waals surface area contributed by atoms with Crippen LogP contribution in [-0.4, -0.2) is 43.8 Å². The quantitative estimate of drug-likeness (QED) is 0.745. The van der Waals surface area contributed by atoms with E-state index < -0.39 is 0 Å². The minimum Gasteiger partial charge on any atom is -0.377 e. The maximum Gasteiger partial charge on any atom is 0.0703 e. The van der Waals surface area contributed by atoms with Crippen LogP contribution in [0.25, 0.3) is 0 Å². The fourth-order valence-corrected chi connectivity index (χ4v) is 3.05. The molecular weight excluding hydrogens is 260 g/mol. The first-order chi connectivity index (χ1) is 10.2. The van der Waals surface area contributed by atoms with Crippen LogP contribution < -0.4 is 5.32 Å². The molecule has 21 heavy (non-hydrogen) atoms. The standard InChI is InChI=1S/C18H30N2O/c1-4-11-19-12-9-16-5-7-17(8-6-16)14-20(3)18-10-13-21-15(18)2/h5-8,15,18-19H,4,9-14H2,1-3H3. The van der Waals surface area contributed by atoms with Crippen LogP contribution in [0.2, 0.25) is 0 Å². The van der Waals surface area contributed by atoms with Gasteiger partial charge >= 0.3 is 0 Å². The summed E-state index contributed by atoms with van der Waals surface area (Å²) >= 11 is 0. The number of benzene rings is 1. The first-order valence-electron chi connectivity index (χ1n) is 8.31. The predicted molar refractivity (Wildman–Crippen MR) is 88.6 cm³/mol. The Bertz CT molecular complexity index is 404. The Morgan fingerprint density at radius 2 is 1.90 bits per heavy atom. The van der Waals surface area contributed by atoms with E-state index in [2.05, 4.69) is 55.4 Å². The van der Waals surface area contributed by atoms with Gasteiger partial charge in [0, 0.05) is 19.2 Å². The van der Waals surface area contributed by atoms with Gasteiger partial charge < -0.3 is 10.1 Å². The van der Waals surface area contributed by atoms with Gasteiger partial charge in [-0.3, -0.25) is 4.90 Å². The number of rotatable bonds is 8. The van der Waals surface area contributed by atoms with Crippen molar-refractivity contribution >= 4 is 0 Å². The minimum atomic E-state index is 0.360. The molecular formula is C18H30N2O. The molecule has 1 aromatic carbocycles. The lowest BCUT2D eigenvalue weighted by atomic mass is 10.1. The van der Waals surface area contributed by atoms with E-state index in [0.717, 1.165) is 39.1 Å². The smallest absolute Gasteiger partial charge is 0.0703 e. The highest BCUT2D eigenvalue weighted by atomic mass is 16.5. The summed E-state index contributed by atoms with van der Waals surface area (Å²) in [7, 11) is 2.21. The van der Waals surface area contributed by atoms with Crippen LogP contribution in [0.3, 0.4) is 0 Å². The van der Waals surface area contributed by atoms with Gasteiger partial charge in [0.2, 0.25) is 0 Å². The fraction of sp³-hybridized carbons (Fsp3) is 0.667.